The maximum atomic E-state index is 10.8. The van der Waals surface area contributed by atoms with E-state index in [4.69, 9.17) is 0 Å². The summed E-state index contributed by atoms with van der Waals surface area (Å²) in [5.41, 5.74) is 0.895. The van der Waals surface area contributed by atoms with E-state index in [0.717, 1.165) is 12.0 Å². The van der Waals surface area contributed by atoms with Gasteiger partial charge in [-0.25, -0.2) is 0 Å². The smallest absolute Gasteiger partial charge is 0.172 e. The van der Waals surface area contributed by atoms with Crippen molar-refractivity contribution in [3.05, 3.63) is 11.6 Å². The molecule has 0 saturated heterocycles. The predicted octanol–water partition coefficient (Wildman–Crippen LogP) is 1.67. The van der Waals surface area contributed by atoms with Gasteiger partial charge in [0.2, 0.25) is 0 Å². The molecule has 2 heteroatoms. The number of alkyl halides is 1. The number of allylic oxidation sites excluding steroid dienone is 2. The molecule has 1 unspecified atom stereocenters. The van der Waals surface area contributed by atoms with E-state index in [1.165, 1.54) is 0 Å². The van der Waals surface area contributed by atoms with E-state index in [9.17, 15) is 4.79 Å². The van der Waals surface area contributed by atoms with Gasteiger partial charge >= 0.3 is 0 Å². The molecule has 0 aliphatic heterocycles. The first kappa shape index (κ1) is 6.02. The molecule has 1 atom stereocenters. The van der Waals surface area contributed by atoms with Gasteiger partial charge in [0, 0.05) is 0 Å². The molecular formula is C6H7BrO. The Morgan fingerprint density at radius 3 is 2.62 bits per heavy atom. The molecule has 0 aromatic heterocycles. The fourth-order valence-corrected chi connectivity index (χ4v) is 1.28. The van der Waals surface area contributed by atoms with Crippen LogP contribution in [-0.4, -0.2) is 10.6 Å². The second kappa shape index (κ2) is 2.02. The number of rotatable bonds is 0. The van der Waals surface area contributed by atoms with Gasteiger partial charge in [0.1, 0.15) is 0 Å². The Morgan fingerprint density at radius 1 is 1.88 bits per heavy atom. The van der Waals surface area contributed by atoms with Crippen LogP contribution in [0.1, 0.15) is 13.3 Å². The molecule has 0 bridgehead atoms. The fraction of sp³-hybridized carbons (Fsp3) is 0.500. The zero-order chi connectivity index (χ0) is 6.15. The van der Waals surface area contributed by atoms with Crippen LogP contribution >= 0.6 is 15.9 Å². The predicted molar refractivity (Wildman–Crippen MR) is 36.1 cm³/mol. The lowest BCUT2D eigenvalue weighted by atomic mass is 10.2. The first-order valence-corrected chi connectivity index (χ1v) is 3.48. The van der Waals surface area contributed by atoms with E-state index in [1.54, 1.807) is 0 Å². The number of carbonyl (C=O) groups is 1. The van der Waals surface area contributed by atoms with Gasteiger partial charge < -0.3 is 0 Å². The lowest BCUT2D eigenvalue weighted by molar-refractivity contribution is -0.114. The molecule has 1 rings (SSSR count). The standard InChI is InChI=1S/C6H7BrO/c1-4-2-3-5(7)6(4)8/h2,5H,3H2,1H3. The van der Waals surface area contributed by atoms with Crippen molar-refractivity contribution in [1.82, 2.24) is 0 Å². The minimum Gasteiger partial charge on any atom is -0.293 e. The zero-order valence-electron chi connectivity index (χ0n) is 4.65. The number of carbonyl (C=O) groups excluding carboxylic acids is 1. The maximum absolute atomic E-state index is 10.8. The summed E-state index contributed by atoms with van der Waals surface area (Å²) in [5, 5.41) is 0. The molecular weight excluding hydrogens is 168 g/mol. The van der Waals surface area contributed by atoms with Crippen LogP contribution in [0.5, 0.6) is 0 Å². The lowest BCUT2D eigenvalue weighted by Gasteiger charge is -1.92. The van der Waals surface area contributed by atoms with Gasteiger partial charge in [-0.2, -0.15) is 0 Å². The lowest BCUT2D eigenvalue weighted by Crippen LogP contribution is -2.06. The summed E-state index contributed by atoms with van der Waals surface area (Å²) in [6.45, 7) is 1.85. The molecule has 8 heavy (non-hydrogen) atoms. The number of Topliss-reactive ketones (excluding diaryl/α,β-unsaturated/α-hetero) is 1. The van der Waals surface area contributed by atoms with Crippen LogP contribution in [0.3, 0.4) is 0 Å². The highest BCUT2D eigenvalue weighted by Gasteiger charge is 2.20. The van der Waals surface area contributed by atoms with Crippen LogP contribution in [0.4, 0.5) is 0 Å². The average Bonchev–Trinajstić information content (AvgIpc) is 1.98. The van der Waals surface area contributed by atoms with Gasteiger partial charge in [0.05, 0.1) is 4.83 Å². The third-order valence-electron chi connectivity index (χ3n) is 1.30. The molecule has 0 fully saturated rings. The van der Waals surface area contributed by atoms with Crippen molar-refractivity contribution in [1.29, 1.82) is 0 Å². The Hall–Kier alpha value is -0.110. The van der Waals surface area contributed by atoms with Gasteiger partial charge in [0.25, 0.3) is 0 Å². The number of ketones is 1. The van der Waals surface area contributed by atoms with Crippen molar-refractivity contribution in [2.75, 3.05) is 0 Å². The number of hydrogen-bond acceptors (Lipinski definition) is 1. The van der Waals surface area contributed by atoms with Gasteiger partial charge in [0.15, 0.2) is 5.78 Å². The Morgan fingerprint density at radius 2 is 2.50 bits per heavy atom. The normalized spacial score (nSPS) is 28.5. The van der Waals surface area contributed by atoms with Crippen LogP contribution in [0.2, 0.25) is 0 Å². The minimum atomic E-state index is 0.0718. The van der Waals surface area contributed by atoms with Gasteiger partial charge in [-0.15, -0.1) is 0 Å². The first-order valence-electron chi connectivity index (χ1n) is 2.57. The van der Waals surface area contributed by atoms with E-state index in [0.29, 0.717) is 0 Å². The summed E-state index contributed by atoms with van der Waals surface area (Å²) in [5.74, 6) is 0.241. The number of halogens is 1. The quantitative estimate of drug-likeness (QED) is 0.511. The fourth-order valence-electron chi connectivity index (χ4n) is 0.735. The van der Waals surface area contributed by atoms with Crippen LogP contribution in [0, 0.1) is 0 Å². The summed E-state index contributed by atoms with van der Waals surface area (Å²) in [6, 6.07) is 0. The molecule has 1 aliphatic rings. The van der Waals surface area contributed by atoms with Crippen LogP contribution < -0.4 is 0 Å². The highest BCUT2D eigenvalue weighted by atomic mass is 79.9. The monoisotopic (exact) mass is 174 g/mol. The Labute approximate surface area is 56.9 Å². The topological polar surface area (TPSA) is 17.1 Å². The molecule has 0 radical (unpaired) electrons. The SMILES string of the molecule is CC1=CCC(Br)C1=O. The minimum absolute atomic E-state index is 0.0718. The zero-order valence-corrected chi connectivity index (χ0v) is 6.23. The highest BCUT2D eigenvalue weighted by molar-refractivity contribution is 9.10. The molecule has 0 aromatic carbocycles. The molecule has 44 valence electrons. The third-order valence-corrected chi connectivity index (χ3v) is 2.09. The second-order valence-corrected chi connectivity index (χ2v) is 3.06. The summed E-state index contributed by atoms with van der Waals surface area (Å²) in [7, 11) is 0. The third kappa shape index (κ3) is 0.848. The molecule has 0 spiro atoms. The molecule has 1 aliphatic carbocycles. The van der Waals surface area contributed by atoms with Gasteiger partial charge in [-0.05, 0) is 18.9 Å². The number of hydrogen-bond donors (Lipinski definition) is 0. The van der Waals surface area contributed by atoms with Crippen molar-refractivity contribution >= 4 is 21.7 Å². The summed E-state index contributed by atoms with van der Waals surface area (Å²) >= 11 is 3.24. The van der Waals surface area contributed by atoms with Crippen molar-refractivity contribution in [2.45, 2.75) is 18.2 Å². The van der Waals surface area contributed by atoms with E-state index in [2.05, 4.69) is 15.9 Å². The largest absolute Gasteiger partial charge is 0.293 e. The van der Waals surface area contributed by atoms with Crippen LogP contribution in [-0.2, 0) is 4.79 Å². The Balaban J connectivity index is 2.73. The highest BCUT2D eigenvalue weighted by Crippen LogP contribution is 2.20. The van der Waals surface area contributed by atoms with Crippen molar-refractivity contribution in [2.24, 2.45) is 0 Å². The summed E-state index contributed by atoms with van der Waals surface area (Å²) in [4.78, 5) is 10.9. The van der Waals surface area contributed by atoms with Crippen LogP contribution in [0.15, 0.2) is 11.6 Å². The van der Waals surface area contributed by atoms with Gasteiger partial charge in [-0.1, -0.05) is 22.0 Å². The second-order valence-electron chi connectivity index (χ2n) is 1.95. The van der Waals surface area contributed by atoms with Crippen molar-refractivity contribution in [3.8, 4) is 0 Å². The first-order chi connectivity index (χ1) is 3.72. The molecule has 0 heterocycles. The molecule has 0 N–H and O–H groups in total. The van der Waals surface area contributed by atoms with Crippen molar-refractivity contribution in [3.63, 3.8) is 0 Å². The average molecular weight is 175 g/mol. The van der Waals surface area contributed by atoms with E-state index < -0.39 is 0 Å². The molecule has 0 aromatic rings. The molecule has 0 saturated carbocycles. The van der Waals surface area contributed by atoms with Gasteiger partial charge in [-0.3, -0.25) is 4.79 Å². The maximum Gasteiger partial charge on any atom is 0.172 e. The van der Waals surface area contributed by atoms with E-state index in [1.807, 2.05) is 13.0 Å². The molecule has 1 nitrogen and oxygen atoms in total. The van der Waals surface area contributed by atoms with E-state index in [-0.39, 0.29) is 10.6 Å². The summed E-state index contributed by atoms with van der Waals surface area (Å²) < 4.78 is 0. The van der Waals surface area contributed by atoms with Crippen molar-refractivity contribution < 1.29 is 4.79 Å². The Kier molecular flexibility index (Phi) is 1.52. The molecule has 0 amide bonds. The van der Waals surface area contributed by atoms with Crippen LogP contribution in [0.25, 0.3) is 0 Å². The Bertz CT molecular complexity index is 149. The summed E-state index contributed by atoms with van der Waals surface area (Å²) in [6.07, 6.45) is 2.83. The van der Waals surface area contributed by atoms with E-state index >= 15 is 0 Å².